The van der Waals surface area contributed by atoms with E-state index >= 15 is 0 Å². The number of hydrogen-bond donors (Lipinski definition) is 0. The number of hydrogen-bond acceptors (Lipinski definition) is 3. The van der Waals surface area contributed by atoms with Crippen LogP contribution in [0.5, 0.6) is 0 Å². The lowest BCUT2D eigenvalue weighted by atomic mass is 10.1. The zero-order chi connectivity index (χ0) is 14.5. The van der Waals surface area contributed by atoms with Crippen LogP contribution < -0.4 is 0 Å². The molecule has 1 aromatic carbocycles. The summed E-state index contributed by atoms with van der Waals surface area (Å²) in [4.78, 5) is 2.53. The van der Waals surface area contributed by atoms with Crippen molar-refractivity contribution in [1.82, 2.24) is 14.7 Å². The molecule has 1 aliphatic rings. The van der Waals surface area contributed by atoms with Crippen LogP contribution in [0.3, 0.4) is 0 Å². The van der Waals surface area contributed by atoms with Crippen molar-refractivity contribution in [1.29, 1.82) is 0 Å². The fourth-order valence-corrected chi connectivity index (χ4v) is 3.05. The molecule has 0 unspecified atom stereocenters. The Bertz CT molecular complexity index is 536. The first kappa shape index (κ1) is 14.3. The van der Waals surface area contributed by atoms with Crippen molar-refractivity contribution in [3.63, 3.8) is 0 Å². The highest BCUT2D eigenvalue weighted by atomic mass is 16.5. The molecule has 1 atom stereocenters. The van der Waals surface area contributed by atoms with Gasteiger partial charge in [0.05, 0.1) is 13.2 Å². The standard InChI is InChI=1S/C17H23N3O/c1-21-14-17-4-2-10-19(17)12-15-5-7-16(8-6-15)13-20-11-3-9-18-20/h3,5-9,11,17H,2,4,10,12-14H2,1H3/t17-/m0/s1. The van der Waals surface area contributed by atoms with Gasteiger partial charge in [0.25, 0.3) is 0 Å². The van der Waals surface area contributed by atoms with Gasteiger partial charge in [-0.05, 0) is 36.6 Å². The number of rotatable bonds is 6. The molecule has 21 heavy (non-hydrogen) atoms. The van der Waals surface area contributed by atoms with Crippen LogP contribution in [0.15, 0.2) is 42.7 Å². The summed E-state index contributed by atoms with van der Waals surface area (Å²) in [6.07, 6.45) is 6.35. The van der Waals surface area contributed by atoms with Gasteiger partial charge in [-0.25, -0.2) is 0 Å². The van der Waals surface area contributed by atoms with Crippen LogP contribution >= 0.6 is 0 Å². The van der Waals surface area contributed by atoms with E-state index in [1.165, 1.54) is 30.5 Å². The fourth-order valence-electron chi connectivity index (χ4n) is 3.05. The minimum absolute atomic E-state index is 0.582. The highest BCUT2D eigenvalue weighted by molar-refractivity contribution is 5.23. The van der Waals surface area contributed by atoms with E-state index in [9.17, 15) is 0 Å². The Balaban J connectivity index is 1.59. The number of ether oxygens (including phenoxy) is 1. The smallest absolute Gasteiger partial charge is 0.0659 e. The molecule has 1 fully saturated rings. The van der Waals surface area contributed by atoms with Crippen LogP contribution in [-0.2, 0) is 17.8 Å². The lowest BCUT2D eigenvalue weighted by Crippen LogP contribution is -2.32. The molecule has 4 heteroatoms. The second-order valence-corrected chi connectivity index (χ2v) is 5.74. The Kier molecular flexibility index (Phi) is 4.68. The molecular formula is C17H23N3O. The van der Waals surface area contributed by atoms with Crippen molar-refractivity contribution in [2.75, 3.05) is 20.3 Å². The van der Waals surface area contributed by atoms with Crippen LogP contribution in [0.4, 0.5) is 0 Å². The lowest BCUT2D eigenvalue weighted by molar-refractivity contribution is 0.112. The van der Waals surface area contributed by atoms with Crippen molar-refractivity contribution in [3.05, 3.63) is 53.9 Å². The summed E-state index contributed by atoms with van der Waals surface area (Å²) < 4.78 is 7.27. The second-order valence-electron chi connectivity index (χ2n) is 5.74. The van der Waals surface area contributed by atoms with Gasteiger partial charge < -0.3 is 4.74 Å². The summed E-state index contributed by atoms with van der Waals surface area (Å²) in [5, 5.41) is 4.24. The molecule has 1 aromatic heterocycles. The van der Waals surface area contributed by atoms with Gasteiger partial charge in [-0.2, -0.15) is 5.10 Å². The van der Waals surface area contributed by atoms with E-state index in [2.05, 4.69) is 34.3 Å². The number of likely N-dealkylation sites (tertiary alicyclic amines) is 1. The van der Waals surface area contributed by atoms with E-state index in [1.54, 1.807) is 7.11 Å². The third-order valence-electron chi connectivity index (χ3n) is 4.17. The first-order chi connectivity index (χ1) is 10.3. The molecule has 0 aliphatic carbocycles. The Morgan fingerprint density at radius 1 is 1.19 bits per heavy atom. The van der Waals surface area contributed by atoms with E-state index in [4.69, 9.17) is 4.74 Å². The first-order valence-electron chi connectivity index (χ1n) is 7.63. The number of aromatic nitrogens is 2. The van der Waals surface area contributed by atoms with Crippen molar-refractivity contribution in [2.45, 2.75) is 32.0 Å². The zero-order valence-corrected chi connectivity index (χ0v) is 12.6. The molecule has 0 amide bonds. The summed E-state index contributed by atoms with van der Waals surface area (Å²) in [5.74, 6) is 0. The SMILES string of the molecule is COC[C@@H]1CCCN1Cc1ccc(Cn2cccn2)cc1. The average molecular weight is 285 g/mol. The van der Waals surface area contributed by atoms with Gasteiger partial charge in [-0.15, -0.1) is 0 Å². The topological polar surface area (TPSA) is 30.3 Å². The summed E-state index contributed by atoms with van der Waals surface area (Å²) in [6, 6.07) is 11.4. The second kappa shape index (κ2) is 6.87. The molecule has 2 aromatic rings. The Hall–Kier alpha value is -1.65. The molecule has 4 nitrogen and oxygen atoms in total. The molecule has 0 radical (unpaired) electrons. The van der Waals surface area contributed by atoms with Crippen molar-refractivity contribution >= 4 is 0 Å². The quantitative estimate of drug-likeness (QED) is 0.817. The maximum absolute atomic E-state index is 5.32. The highest BCUT2D eigenvalue weighted by Gasteiger charge is 2.23. The maximum atomic E-state index is 5.32. The Labute approximate surface area is 126 Å². The fraction of sp³-hybridized carbons (Fsp3) is 0.471. The summed E-state index contributed by atoms with van der Waals surface area (Å²) >= 11 is 0. The van der Waals surface area contributed by atoms with E-state index in [0.717, 1.165) is 19.7 Å². The summed E-state index contributed by atoms with van der Waals surface area (Å²) in [5.41, 5.74) is 2.67. The molecule has 112 valence electrons. The van der Waals surface area contributed by atoms with Gasteiger partial charge in [0.2, 0.25) is 0 Å². The van der Waals surface area contributed by atoms with Gasteiger partial charge in [0.1, 0.15) is 0 Å². The molecular weight excluding hydrogens is 262 g/mol. The predicted molar refractivity (Wildman–Crippen MR) is 83.1 cm³/mol. The third kappa shape index (κ3) is 3.71. The Morgan fingerprint density at radius 2 is 1.95 bits per heavy atom. The molecule has 0 spiro atoms. The van der Waals surface area contributed by atoms with Crippen LogP contribution in [0.25, 0.3) is 0 Å². The van der Waals surface area contributed by atoms with E-state index in [0.29, 0.717) is 6.04 Å². The number of benzene rings is 1. The number of methoxy groups -OCH3 is 1. The largest absolute Gasteiger partial charge is 0.383 e. The van der Waals surface area contributed by atoms with Gasteiger partial charge >= 0.3 is 0 Å². The predicted octanol–water partition coefficient (Wildman–Crippen LogP) is 2.54. The van der Waals surface area contributed by atoms with Crippen molar-refractivity contribution in [3.8, 4) is 0 Å². The van der Waals surface area contributed by atoms with Crippen LogP contribution in [-0.4, -0.2) is 41.0 Å². The van der Waals surface area contributed by atoms with Crippen LogP contribution in [0.2, 0.25) is 0 Å². The zero-order valence-electron chi connectivity index (χ0n) is 12.6. The molecule has 0 bridgehead atoms. The van der Waals surface area contributed by atoms with Gasteiger partial charge in [-0.3, -0.25) is 9.58 Å². The molecule has 2 heterocycles. The maximum Gasteiger partial charge on any atom is 0.0659 e. The monoisotopic (exact) mass is 285 g/mol. The molecule has 1 saturated heterocycles. The van der Waals surface area contributed by atoms with Gasteiger partial charge in [0.15, 0.2) is 0 Å². The average Bonchev–Trinajstić information content (AvgIpc) is 3.14. The first-order valence-corrected chi connectivity index (χ1v) is 7.63. The Morgan fingerprint density at radius 3 is 2.62 bits per heavy atom. The molecule has 0 N–H and O–H groups in total. The highest BCUT2D eigenvalue weighted by Crippen LogP contribution is 2.20. The van der Waals surface area contributed by atoms with Gasteiger partial charge in [0, 0.05) is 32.1 Å². The van der Waals surface area contributed by atoms with Gasteiger partial charge in [-0.1, -0.05) is 24.3 Å². The van der Waals surface area contributed by atoms with E-state index < -0.39 is 0 Å². The lowest BCUT2D eigenvalue weighted by Gasteiger charge is -2.23. The summed E-state index contributed by atoms with van der Waals surface area (Å²) in [6.45, 7) is 3.89. The number of nitrogens with zero attached hydrogens (tertiary/aromatic N) is 3. The van der Waals surface area contributed by atoms with E-state index in [-0.39, 0.29) is 0 Å². The normalized spacial score (nSPS) is 19.2. The van der Waals surface area contributed by atoms with Crippen molar-refractivity contribution in [2.24, 2.45) is 0 Å². The van der Waals surface area contributed by atoms with Crippen molar-refractivity contribution < 1.29 is 4.74 Å². The minimum Gasteiger partial charge on any atom is -0.383 e. The van der Waals surface area contributed by atoms with E-state index in [1.807, 2.05) is 23.1 Å². The molecule has 3 rings (SSSR count). The summed E-state index contributed by atoms with van der Waals surface area (Å²) in [7, 11) is 1.79. The van der Waals surface area contributed by atoms with Crippen LogP contribution in [0, 0.1) is 0 Å². The molecule has 1 aliphatic heterocycles. The third-order valence-corrected chi connectivity index (χ3v) is 4.17. The molecule has 0 saturated carbocycles. The van der Waals surface area contributed by atoms with Crippen LogP contribution in [0.1, 0.15) is 24.0 Å². The minimum atomic E-state index is 0.582.